The molecule has 10 heavy (non-hydrogen) atoms. The first-order valence-electron chi connectivity index (χ1n) is 3.37. The van der Waals surface area contributed by atoms with Gasteiger partial charge in [-0.3, -0.25) is 0 Å². The fourth-order valence-corrected chi connectivity index (χ4v) is 0.842. The Bertz CT molecular complexity index is 162. The lowest BCUT2D eigenvalue weighted by atomic mass is 10.4. The van der Waals surface area contributed by atoms with Crippen LogP contribution in [0.3, 0.4) is 0 Å². The first-order valence-corrected chi connectivity index (χ1v) is 3.37. The molecule has 1 aromatic heterocycles. The van der Waals surface area contributed by atoms with Crippen molar-refractivity contribution in [3.8, 4) is 0 Å². The Kier molecular flexibility index (Phi) is 4.50. The predicted molar refractivity (Wildman–Crippen MR) is 38.9 cm³/mol. The second kappa shape index (κ2) is 4.94. The monoisotopic (exact) mass is 139 g/mol. The van der Waals surface area contributed by atoms with Crippen LogP contribution in [0.1, 0.15) is 13.3 Å². The number of rotatable bonds is 2. The number of aryl methyl sites for hydroxylation is 1. The Hall–Kier alpha value is -0.890. The molecule has 0 saturated carbocycles. The number of hydrogen-bond acceptors (Lipinski definition) is 1. The number of aromatic nitrogens is 1. The van der Waals surface area contributed by atoms with E-state index in [1.165, 1.54) is 6.42 Å². The summed E-state index contributed by atoms with van der Waals surface area (Å²) in [6.07, 6.45) is 5.38. The molecule has 1 heterocycles. The Morgan fingerprint density at radius 2 is 1.70 bits per heavy atom. The normalized spacial score (nSPS) is 8.50. The molecule has 0 spiro atoms. The van der Waals surface area contributed by atoms with Crippen LogP contribution in [-0.2, 0) is 6.54 Å². The summed E-state index contributed by atoms with van der Waals surface area (Å²) in [6, 6.07) is 6.14. The van der Waals surface area contributed by atoms with E-state index >= 15 is 0 Å². The standard InChI is InChI=1S/C8H12N.H2O/c1-2-6-9-7-4-3-5-8-9;/h3-5,7-8H,2,6H2,1H3;1H2/q+1;/p-1. The van der Waals surface area contributed by atoms with E-state index in [-0.39, 0.29) is 5.48 Å². The Morgan fingerprint density at radius 3 is 2.20 bits per heavy atom. The van der Waals surface area contributed by atoms with Crippen LogP contribution < -0.4 is 4.57 Å². The molecular formula is C8H13NO. The molecule has 1 rings (SSSR count). The van der Waals surface area contributed by atoms with Gasteiger partial charge in [0.2, 0.25) is 0 Å². The molecular weight excluding hydrogens is 126 g/mol. The van der Waals surface area contributed by atoms with Gasteiger partial charge < -0.3 is 5.48 Å². The molecule has 0 atom stereocenters. The van der Waals surface area contributed by atoms with Gasteiger partial charge in [0.1, 0.15) is 6.54 Å². The van der Waals surface area contributed by atoms with Crippen molar-refractivity contribution in [3.05, 3.63) is 30.6 Å². The Labute approximate surface area is 61.4 Å². The van der Waals surface area contributed by atoms with Crippen molar-refractivity contribution in [2.75, 3.05) is 0 Å². The molecule has 0 aliphatic heterocycles. The second-order valence-corrected chi connectivity index (χ2v) is 2.11. The molecule has 56 valence electrons. The van der Waals surface area contributed by atoms with Gasteiger partial charge in [0, 0.05) is 18.6 Å². The van der Waals surface area contributed by atoms with E-state index in [9.17, 15) is 0 Å². The summed E-state index contributed by atoms with van der Waals surface area (Å²) in [5.74, 6) is 0. The highest BCUT2D eigenvalue weighted by atomic mass is 16.0. The van der Waals surface area contributed by atoms with Gasteiger partial charge in [-0.05, 0) is 0 Å². The van der Waals surface area contributed by atoms with Crippen molar-refractivity contribution in [1.29, 1.82) is 0 Å². The molecule has 0 saturated heterocycles. The zero-order chi connectivity index (χ0) is 6.53. The summed E-state index contributed by atoms with van der Waals surface area (Å²) in [6.45, 7) is 3.31. The van der Waals surface area contributed by atoms with Gasteiger partial charge in [0.15, 0.2) is 12.4 Å². The van der Waals surface area contributed by atoms with E-state index in [2.05, 4.69) is 36.0 Å². The SMILES string of the molecule is CCC[n+]1ccccc1.[OH-]. The molecule has 0 unspecified atom stereocenters. The average molecular weight is 139 g/mol. The van der Waals surface area contributed by atoms with Crippen molar-refractivity contribution in [1.82, 2.24) is 0 Å². The van der Waals surface area contributed by atoms with Crippen LogP contribution in [-0.4, -0.2) is 5.48 Å². The van der Waals surface area contributed by atoms with Crippen LogP contribution in [0, 0.1) is 0 Å². The molecule has 1 aromatic rings. The minimum Gasteiger partial charge on any atom is -0.870 e. The summed E-state index contributed by atoms with van der Waals surface area (Å²) < 4.78 is 2.18. The van der Waals surface area contributed by atoms with Gasteiger partial charge in [-0.2, -0.15) is 0 Å². The van der Waals surface area contributed by atoms with Gasteiger partial charge in [0.25, 0.3) is 0 Å². The lowest BCUT2D eigenvalue weighted by Crippen LogP contribution is -2.31. The molecule has 0 radical (unpaired) electrons. The van der Waals surface area contributed by atoms with Crippen molar-refractivity contribution in [2.24, 2.45) is 0 Å². The van der Waals surface area contributed by atoms with Crippen LogP contribution in [0.4, 0.5) is 0 Å². The maximum absolute atomic E-state index is 2.18. The highest BCUT2D eigenvalue weighted by molar-refractivity contribution is 4.83. The summed E-state index contributed by atoms with van der Waals surface area (Å²) >= 11 is 0. The van der Waals surface area contributed by atoms with E-state index in [0.29, 0.717) is 0 Å². The lowest BCUT2D eigenvalue weighted by molar-refractivity contribution is -0.697. The summed E-state index contributed by atoms with van der Waals surface area (Å²) in [5, 5.41) is 0. The number of hydrogen-bond donors (Lipinski definition) is 0. The summed E-state index contributed by atoms with van der Waals surface area (Å²) in [7, 11) is 0. The van der Waals surface area contributed by atoms with E-state index < -0.39 is 0 Å². The first-order chi connectivity index (χ1) is 4.43. The van der Waals surface area contributed by atoms with Crippen molar-refractivity contribution in [3.63, 3.8) is 0 Å². The van der Waals surface area contributed by atoms with Crippen LogP contribution >= 0.6 is 0 Å². The molecule has 1 N–H and O–H groups in total. The minimum atomic E-state index is 0. The highest BCUT2D eigenvalue weighted by Gasteiger charge is 1.90. The summed E-state index contributed by atoms with van der Waals surface area (Å²) in [5.41, 5.74) is 0. The van der Waals surface area contributed by atoms with Gasteiger partial charge in [-0.15, -0.1) is 0 Å². The largest absolute Gasteiger partial charge is 0.870 e. The van der Waals surface area contributed by atoms with Gasteiger partial charge in [-0.1, -0.05) is 13.0 Å². The highest BCUT2D eigenvalue weighted by Crippen LogP contribution is 1.78. The molecule has 0 amide bonds. The van der Waals surface area contributed by atoms with E-state index in [1.807, 2.05) is 6.07 Å². The third-order valence-corrected chi connectivity index (χ3v) is 1.26. The zero-order valence-corrected chi connectivity index (χ0v) is 6.20. The second-order valence-electron chi connectivity index (χ2n) is 2.11. The molecule has 0 aromatic carbocycles. The van der Waals surface area contributed by atoms with E-state index in [0.717, 1.165) is 6.54 Å². The molecule has 0 aliphatic carbocycles. The van der Waals surface area contributed by atoms with Crippen molar-refractivity contribution in [2.45, 2.75) is 19.9 Å². The van der Waals surface area contributed by atoms with Crippen LogP contribution in [0.5, 0.6) is 0 Å². The molecule has 2 heteroatoms. The molecule has 0 bridgehead atoms. The quantitative estimate of drug-likeness (QED) is 0.567. The topological polar surface area (TPSA) is 33.9 Å². The van der Waals surface area contributed by atoms with Gasteiger partial charge >= 0.3 is 0 Å². The Balaban J connectivity index is 0.000000810. The third kappa shape index (κ3) is 2.60. The number of pyridine rings is 1. The maximum Gasteiger partial charge on any atom is 0.168 e. The van der Waals surface area contributed by atoms with Crippen molar-refractivity contribution >= 4 is 0 Å². The summed E-state index contributed by atoms with van der Waals surface area (Å²) in [4.78, 5) is 0. The molecule has 0 aliphatic rings. The fourth-order valence-electron chi connectivity index (χ4n) is 0.842. The Morgan fingerprint density at radius 1 is 1.10 bits per heavy atom. The predicted octanol–water partition coefficient (Wildman–Crippen LogP) is 1.21. The van der Waals surface area contributed by atoms with Crippen molar-refractivity contribution < 1.29 is 10.0 Å². The van der Waals surface area contributed by atoms with Gasteiger partial charge in [0.05, 0.1) is 0 Å². The smallest absolute Gasteiger partial charge is 0.168 e. The molecule has 2 nitrogen and oxygen atoms in total. The van der Waals surface area contributed by atoms with E-state index in [1.54, 1.807) is 0 Å². The fraction of sp³-hybridized carbons (Fsp3) is 0.375. The van der Waals surface area contributed by atoms with Gasteiger partial charge in [-0.25, -0.2) is 4.57 Å². The van der Waals surface area contributed by atoms with Crippen LogP contribution in [0.25, 0.3) is 0 Å². The lowest BCUT2D eigenvalue weighted by Gasteiger charge is -1.88. The van der Waals surface area contributed by atoms with Crippen LogP contribution in [0.2, 0.25) is 0 Å². The zero-order valence-electron chi connectivity index (χ0n) is 6.20. The van der Waals surface area contributed by atoms with E-state index in [4.69, 9.17) is 0 Å². The first kappa shape index (κ1) is 9.11. The minimum absolute atomic E-state index is 0. The third-order valence-electron chi connectivity index (χ3n) is 1.26. The molecule has 0 fully saturated rings. The number of nitrogens with zero attached hydrogens (tertiary/aromatic N) is 1. The van der Waals surface area contributed by atoms with Crippen LogP contribution in [0.15, 0.2) is 30.6 Å². The maximum atomic E-state index is 2.18. The average Bonchev–Trinajstić information content (AvgIpc) is 1.91.